The van der Waals surface area contributed by atoms with Gasteiger partial charge in [0.1, 0.15) is 0 Å². The summed E-state index contributed by atoms with van der Waals surface area (Å²) in [5.41, 5.74) is 3.92. The molecule has 1 aromatic carbocycles. The summed E-state index contributed by atoms with van der Waals surface area (Å²) >= 11 is 0. The summed E-state index contributed by atoms with van der Waals surface area (Å²) < 4.78 is 1.80. The second kappa shape index (κ2) is 5.74. The Morgan fingerprint density at radius 2 is 2.00 bits per heavy atom. The van der Waals surface area contributed by atoms with Crippen LogP contribution in [0.25, 0.3) is 5.69 Å². The Morgan fingerprint density at radius 1 is 1.14 bits per heavy atom. The predicted octanol–water partition coefficient (Wildman–Crippen LogP) is 2.58. The molecule has 3 rings (SSSR count). The lowest BCUT2D eigenvalue weighted by Crippen LogP contribution is -2.06. The first-order chi connectivity index (χ1) is 10.6. The number of benzene rings is 1. The van der Waals surface area contributed by atoms with Gasteiger partial charge < -0.3 is 4.98 Å². The lowest BCUT2D eigenvalue weighted by molar-refractivity contribution is 1.01. The van der Waals surface area contributed by atoms with Crippen molar-refractivity contribution in [3.05, 3.63) is 81.8 Å². The topological polar surface area (TPSA) is 50.7 Å². The van der Waals surface area contributed by atoms with Crippen LogP contribution < -0.4 is 5.56 Å². The van der Waals surface area contributed by atoms with E-state index in [4.69, 9.17) is 0 Å². The number of nitrogens with zero attached hydrogens (tertiary/aromatic N) is 2. The molecule has 3 aromatic rings. The van der Waals surface area contributed by atoms with Gasteiger partial charge in [0.25, 0.3) is 0 Å². The maximum absolute atomic E-state index is 11.4. The number of nitrogens with one attached hydrogen (secondary N) is 1. The number of aryl methyl sites for hydroxylation is 2. The number of aromatic nitrogens is 3. The van der Waals surface area contributed by atoms with Crippen molar-refractivity contribution in [1.29, 1.82) is 0 Å². The lowest BCUT2D eigenvalue weighted by atomic mass is 10.1. The molecule has 0 atom stereocenters. The first-order valence-corrected chi connectivity index (χ1v) is 6.95. The van der Waals surface area contributed by atoms with Gasteiger partial charge in [0.15, 0.2) is 5.82 Å². The summed E-state index contributed by atoms with van der Waals surface area (Å²) in [6.07, 6.45) is 5.08. The lowest BCUT2D eigenvalue weighted by Gasteiger charge is -2.02. The van der Waals surface area contributed by atoms with Gasteiger partial charge in [-0.05, 0) is 37.5 Å². The van der Waals surface area contributed by atoms with Crippen LogP contribution in [0.2, 0.25) is 0 Å². The molecule has 0 aliphatic carbocycles. The third-order valence-electron chi connectivity index (χ3n) is 3.37. The fraction of sp³-hybridized carbons (Fsp3) is 0.111. The zero-order valence-corrected chi connectivity index (χ0v) is 12.4. The van der Waals surface area contributed by atoms with Crippen molar-refractivity contribution in [2.75, 3.05) is 0 Å². The number of hydrogen-bond acceptors (Lipinski definition) is 2. The molecular formula is C18H15N3O. The fourth-order valence-electron chi connectivity index (χ4n) is 2.26. The molecule has 2 heterocycles. The standard InChI is InChI=1S/C18H15N3O/c1-13-3-4-15(14(2)11-13)5-6-17-19-9-10-21(17)16-7-8-20-18(22)12-16/h3-4,7-12H,1-2H3,(H,20,22). The molecular weight excluding hydrogens is 274 g/mol. The Bertz CT molecular complexity index is 938. The van der Waals surface area contributed by atoms with Crippen molar-refractivity contribution in [2.24, 2.45) is 0 Å². The van der Waals surface area contributed by atoms with Gasteiger partial charge in [0, 0.05) is 30.2 Å². The summed E-state index contributed by atoms with van der Waals surface area (Å²) in [6, 6.07) is 9.49. The van der Waals surface area contributed by atoms with Gasteiger partial charge in [-0.2, -0.15) is 0 Å². The van der Waals surface area contributed by atoms with Gasteiger partial charge in [-0.1, -0.05) is 23.6 Å². The number of rotatable bonds is 1. The molecule has 0 bridgehead atoms. The van der Waals surface area contributed by atoms with Crippen molar-refractivity contribution in [1.82, 2.24) is 14.5 Å². The van der Waals surface area contributed by atoms with E-state index >= 15 is 0 Å². The van der Waals surface area contributed by atoms with E-state index in [9.17, 15) is 4.79 Å². The molecule has 2 aromatic heterocycles. The number of aromatic amines is 1. The Labute approximate surface area is 128 Å². The molecule has 108 valence electrons. The zero-order chi connectivity index (χ0) is 15.5. The molecule has 0 radical (unpaired) electrons. The van der Waals surface area contributed by atoms with Crippen LogP contribution in [0, 0.1) is 25.7 Å². The quantitative estimate of drug-likeness (QED) is 0.700. The van der Waals surface area contributed by atoms with E-state index in [0.29, 0.717) is 5.82 Å². The highest BCUT2D eigenvalue weighted by molar-refractivity contribution is 5.46. The number of hydrogen-bond donors (Lipinski definition) is 1. The summed E-state index contributed by atoms with van der Waals surface area (Å²) in [5, 5.41) is 0. The van der Waals surface area contributed by atoms with Crippen LogP contribution in [0.5, 0.6) is 0 Å². The van der Waals surface area contributed by atoms with E-state index in [2.05, 4.69) is 34.8 Å². The highest BCUT2D eigenvalue weighted by Gasteiger charge is 2.03. The van der Waals surface area contributed by atoms with Crippen molar-refractivity contribution in [3.63, 3.8) is 0 Å². The smallest absolute Gasteiger partial charge is 0.250 e. The molecule has 4 heteroatoms. The molecule has 0 amide bonds. The number of imidazole rings is 1. The van der Waals surface area contributed by atoms with Crippen LogP contribution in [-0.4, -0.2) is 14.5 Å². The van der Waals surface area contributed by atoms with Crippen molar-refractivity contribution in [3.8, 4) is 17.5 Å². The van der Waals surface area contributed by atoms with Crippen LogP contribution in [-0.2, 0) is 0 Å². The molecule has 0 aliphatic rings. The maximum atomic E-state index is 11.4. The number of pyridine rings is 1. The van der Waals surface area contributed by atoms with E-state index in [1.807, 2.05) is 25.1 Å². The van der Waals surface area contributed by atoms with Crippen LogP contribution >= 0.6 is 0 Å². The monoisotopic (exact) mass is 289 g/mol. The average molecular weight is 289 g/mol. The third kappa shape index (κ3) is 2.84. The van der Waals surface area contributed by atoms with Gasteiger partial charge >= 0.3 is 0 Å². The minimum Gasteiger partial charge on any atom is -0.329 e. The molecule has 0 unspecified atom stereocenters. The van der Waals surface area contributed by atoms with Gasteiger partial charge in [0.2, 0.25) is 5.56 Å². The SMILES string of the molecule is Cc1ccc(C#Cc2nccn2-c2cc[nH]c(=O)c2)c(C)c1. The van der Waals surface area contributed by atoms with E-state index < -0.39 is 0 Å². The zero-order valence-electron chi connectivity index (χ0n) is 12.4. The third-order valence-corrected chi connectivity index (χ3v) is 3.37. The highest BCUT2D eigenvalue weighted by atomic mass is 16.1. The normalized spacial score (nSPS) is 10.1. The van der Waals surface area contributed by atoms with Crippen LogP contribution in [0.3, 0.4) is 0 Å². The summed E-state index contributed by atoms with van der Waals surface area (Å²) in [4.78, 5) is 18.3. The molecule has 0 saturated heterocycles. The Kier molecular flexibility index (Phi) is 3.63. The first kappa shape index (κ1) is 13.9. The largest absolute Gasteiger partial charge is 0.329 e. The van der Waals surface area contributed by atoms with Crippen LogP contribution in [0.4, 0.5) is 0 Å². The van der Waals surface area contributed by atoms with Crippen LogP contribution in [0.15, 0.2) is 53.7 Å². The first-order valence-electron chi connectivity index (χ1n) is 6.95. The van der Waals surface area contributed by atoms with Crippen molar-refractivity contribution in [2.45, 2.75) is 13.8 Å². The molecule has 4 nitrogen and oxygen atoms in total. The van der Waals surface area contributed by atoms with Crippen molar-refractivity contribution < 1.29 is 0 Å². The minimum absolute atomic E-state index is 0.153. The molecule has 0 fully saturated rings. The second-order valence-corrected chi connectivity index (χ2v) is 5.10. The minimum atomic E-state index is -0.153. The van der Waals surface area contributed by atoms with Crippen LogP contribution in [0.1, 0.15) is 22.5 Å². The molecule has 0 aliphatic heterocycles. The van der Waals surface area contributed by atoms with Gasteiger partial charge in [-0.3, -0.25) is 9.36 Å². The molecule has 1 N–H and O–H groups in total. The highest BCUT2D eigenvalue weighted by Crippen LogP contribution is 2.10. The van der Waals surface area contributed by atoms with Gasteiger partial charge in [0.05, 0.1) is 5.69 Å². The van der Waals surface area contributed by atoms with Crippen molar-refractivity contribution >= 4 is 0 Å². The average Bonchev–Trinajstić information content (AvgIpc) is 2.95. The molecule has 0 spiro atoms. The van der Waals surface area contributed by atoms with E-state index in [1.165, 1.54) is 11.6 Å². The second-order valence-electron chi connectivity index (χ2n) is 5.10. The molecule has 0 saturated carbocycles. The van der Waals surface area contributed by atoms with E-state index in [0.717, 1.165) is 16.8 Å². The Morgan fingerprint density at radius 3 is 2.77 bits per heavy atom. The summed E-state index contributed by atoms with van der Waals surface area (Å²) in [7, 11) is 0. The van der Waals surface area contributed by atoms with Gasteiger partial charge in [-0.25, -0.2) is 4.98 Å². The fourth-order valence-corrected chi connectivity index (χ4v) is 2.26. The Hall–Kier alpha value is -3.06. The maximum Gasteiger partial charge on any atom is 0.250 e. The van der Waals surface area contributed by atoms with E-state index in [1.54, 1.807) is 23.2 Å². The predicted molar refractivity (Wildman–Crippen MR) is 86.1 cm³/mol. The summed E-state index contributed by atoms with van der Waals surface area (Å²) in [6.45, 7) is 4.10. The van der Waals surface area contributed by atoms with Gasteiger partial charge in [-0.15, -0.1) is 0 Å². The molecule has 22 heavy (non-hydrogen) atoms. The summed E-state index contributed by atoms with van der Waals surface area (Å²) in [5.74, 6) is 6.83. The Balaban J connectivity index is 2.00. The number of H-pyrrole nitrogens is 1. The van der Waals surface area contributed by atoms with E-state index in [-0.39, 0.29) is 5.56 Å².